The highest BCUT2D eigenvalue weighted by Crippen LogP contribution is 2.25. The van der Waals surface area contributed by atoms with E-state index in [9.17, 15) is 13.2 Å². The number of thiophene rings is 1. The van der Waals surface area contributed by atoms with Gasteiger partial charge in [0.1, 0.15) is 4.21 Å². The van der Waals surface area contributed by atoms with Crippen molar-refractivity contribution in [3.63, 3.8) is 0 Å². The van der Waals surface area contributed by atoms with Gasteiger partial charge in [0.15, 0.2) is 0 Å². The van der Waals surface area contributed by atoms with Crippen molar-refractivity contribution in [2.45, 2.75) is 17.1 Å². The van der Waals surface area contributed by atoms with E-state index in [4.69, 9.17) is 11.6 Å². The van der Waals surface area contributed by atoms with E-state index in [-0.39, 0.29) is 23.1 Å². The lowest BCUT2D eigenvalue weighted by Crippen LogP contribution is -2.31. The van der Waals surface area contributed by atoms with Crippen molar-refractivity contribution in [3.05, 3.63) is 50.8 Å². The van der Waals surface area contributed by atoms with Crippen LogP contribution in [0.3, 0.4) is 0 Å². The van der Waals surface area contributed by atoms with Crippen LogP contribution < -0.4 is 10.0 Å². The average molecular weight is 452 g/mol. The van der Waals surface area contributed by atoms with Gasteiger partial charge < -0.3 is 5.32 Å². The number of carbonyl (C=O) groups is 1. The van der Waals surface area contributed by atoms with Gasteiger partial charge in [0.2, 0.25) is 15.9 Å². The monoisotopic (exact) mass is 450 g/mol. The third-order valence-corrected chi connectivity index (χ3v) is 6.94. The second-order valence-electron chi connectivity index (χ2n) is 4.93. The summed E-state index contributed by atoms with van der Waals surface area (Å²) in [4.78, 5) is 11.7. The normalized spacial score (nSPS) is 11.4. The van der Waals surface area contributed by atoms with E-state index in [2.05, 4.69) is 26.0 Å². The predicted octanol–water partition coefficient (Wildman–Crippen LogP) is 3.19. The Morgan fingerprint density at radius 2 is 1.83 bits per heavy atom. The molecule has 1 aromatic carbocycles. The van der Waals surface area contributed by atoms with Crippen LogP contribution in [0, 0.1) is 0 Å². The summed E-state index contributed by atoms with van der Waals surface area (Å²) in [5.74, 6) is -0.195. The lowest BCUT2D eigenvalue weighted by Gasteiger charge is -2.07. The number of hydrogen-bond donors (Lipinski definition) is 2. The smallest absolute Gasteiger partial charge is 0.250 e. The first-order chi connectivity index (χ1) is 11.4. The molecule has 2 rings (SSSR count). The Morgan fingerprint density at radius 1 is 1.12 bits per heavy atom. The molecule has 130 valence electrons. The van der Waals surface area contributed by atoms with Gasteiger partial charge >= 0.3 is 0 Å². The van der Waals surface area contributed by atoms with Gasteiger partial charge in [-0.05, 0) is 52.2 Å². The van der Waals surface area contributed by atoms with Crippen LogP contribution in [0.15, 0.2) is 44.4 Å². The lowest BCUT2D eigenvalue weighted by atomic mass is 10.1. The second-order valence-corrected chi connectivity index (χ2v) is 9.83. The summed E-state index contributed by atoms with van der Waals surface area (Å²) in [7, 11) is -3.56. The topological polar surface area (TPSA) is 75.3 Å². The van der Waals surface area contributed by atoms with E-state index in [1.54, 1.807) is 18.2 Å². The zero-order valence-electron chi connectivity index (χ0n) is 12.6. The number of hydrogen-bond acceptors (Lipinski definition) is 4. The largest absolute Gasteiger partial charge is 0.356 e. The van der Waals surface area contributed by atoms with Gasteiger partial charge in [0.05, 0.1) is 3.79 Å². The number of carbonyl (C=O) groups excluding carboxylic acids is 1. The molecule has 2 aromatic rings. The van der Waals surface area contributed by atoms with Crippen LogP contribution in [-0.4, -0.2) is 27.4 Å². The number of nitrogens with one attached hydrogen (secondary N) is 2. The van der Waals surface area contributed by atoms with Crippen LogP contribution >= 0.6 is 38.9 Å². The van der Waals surface area contributed by atoms with Crippen molar-refractivity contribution in [1.29, 1.82) is 0 Å². The third-order valence-electron chi connectivity index (χ3n) is 3.11. The van der Waals surface area contributed by atoms with E-state index in [1.165, 1.54) is 6.07 Å². The number of halogens is 2. The average Bonchev–Trinajstić information content (AvgIpc) is 2.97. The fraction of sp³-hybridized carbons (Fsp3) is 0.267. The van der Waals surface area contributed by atoms with E-state index in [0.717, 1.165) is 20.7 Å². The summed E-state index contributed by atoms with van der Waals surface area (Å²) in [6.07, 6.45) is 0.782. The molecular weight excluding hydrogens is 436 g/mol. The Morgan fingerprint density at radius 3 is 2.46 bits per heavy atom. The molecule has 0 spiro atoms. The van der Waals surface area contributed by atoms with Crippen molar-refractivity contribution in [3.8, 4) is 0 Å². The van der Waals surface area contributed by atoms with Crippen LogP contribution in [0.2, 0.25) is 5.02 Å². The molecule has 0 bridgehead atoms. The summed E-state index contributed by atoms with van der Waals surface area (Å²) in [5, 5.41) is 3.44. The maximum absolute atomic E-state index is 12.0. The highest BCUT2D eigenvalue weighted by molar-refractivity contribution is 9.11. The lowest BCUT2D eigenvalue weighted by molar-refractivity contribution is -0.120. The van der Waals surface area contributed by atoms with Gasteiger partial charge in [-0.25, -0.2) is 13.1 Å². The number of benzene rings is 1. The van der Waals surface area contributed by atoms with E-state index in [0.29, 0.717) is 18.0 Å². The second kappa shape index (κ2) is 8.96. The Hall–Kier alpha value is -0.930. The highest BCUT2D eigenvalue weighted by atomic mass is 79.9. The first kappa shape index (κ1) is 19.4. The van der Waals surface area contributed by atoms with Gasteiger partial charge in [-0.3, -0.25) is 4.79 Å². The van der Waals surface area contributed by atoms with Crippen molar-refractivity contribution in [2.24, 2.45) is 0 Å². The molecule has 9 heteroatoms. The first-order valence-electron chi connectivity index (χ1n) is 7.13. The maximum Gasteiger partial charge on any atom is 0.250 e. The van der Waals surface area contributed by atoms with Crippen LogP contribution in [0.4, 0.5) is 0 Å². The minimum Gasteiger partial charge on any atom is -0.356 e. The fourth-order valence-electron chi connectivity index (χ4n) is 1.90. The quantitative estimate of drug-likeness (QED) is 0.647. The Balaban J connectivity index is 1.68. The summed E-state index contributed by atoms with van der Waals surface area (Å²) in [6.45, 7) is 0.551. The Kier molecular flexibility index (Phi) is 7.24. The Bertz CT molecular complexity index is 791. The molecule has 5 nitrogen and oxygen atoms in total. The molecular formula is C15H16BrClN2O3S2. The molecule has 0 unspecified atom stereocenters. The predicted molar refractivity (Wildman–Crippen MR) is 100.0 cm³/mol. The van der Waals surface area contributed by atoms with E-state index in [1.807, 2.05) is 12.1 Å². The molecule has 0 saturated heterocycles. The summed E-state index contributed by atoms with van der Waals surface area (Å²) in [6, 6.07) is 10.6. The summed E-state index contributed by atoms with van der Waals surface area (Å²) < 4.78 is 27.4. The molecule has 1 amide bonds. The molecule has 0 fully saturated rings. The summed E-state index contributed by atoms with van der Waals surface area (Å²) in [5.41, 5.74) is 1.07. The fourth-order valence-corrected chi connectivity index (χ4v) is 5.11. The van der Waals surface area contributed by atoms with Crippen LogP contribution in [0.5, 0.6) is 0 Å². The molecule has 0 aliphatic carbocycles. The molecule has 0 atom stereocenters. The zero-order valence-corrected chi connectivity index (χ0v) is 16.6. The molecule has 0 saturated carbocycles. The van der Waals surface area contributed by atoms with Gasteiger partial charge in [-0.2, -0.15) is 0 Å². The number of amides is 1. The first-order valence-corrected chi connectivity index (χ1v) is 10.6. The van der Waals surface area contributed by atoms with E-state index >= 15 is 0 Å². The summed E-state index contributed by atoms with van der Waals surface area (Å²) >= 11 is 10.2. The minimum atomic E-state index is -3.56. The molecule has 0 aliphatic rings. The van der Waals surface area contributed by atoms with Gasteiger partial charge in [0, 0.05) is 24.5 Å². The van der Waals surface area contributed by atoms with Crippen LogP contribution in [0.25, 0.3) is 0 Å². The van der Waals surface area contributed by atoms with E-state index < -0.39 is 10.0 Å². The standard InChI is InChI=1S/C15H16BrClN2O3S2/c16-13-5-6-15(23-13)24(21,22)19-10-8-14(20)18-9-7-11-1-3-12(17)4-2-11/h1-6,19H,7-10H2,(H,18,20). The van der Waals surface area contributed by atoms with Crippen molar-refractivity contribution >= 4 is 54.8 Å². The Labute approximate surface area is 158 Å². The van der Waals surface area contributed by atoms with Crippen LogP contribution in [0.1, 0.15) is 12.0 Å². The highest BCUT2D eigenvalue weighted by Gasteiger charge is 2.16. The van der Waals surface area contributed by atoms with Crippen molar-refractivity contribution < 1.29 is 13.2 Å². The molecule has 0 radical (unpaired) electrons. The number of rotatable bonds is 8. The van der Waals surface area contributed by atoms with Crippen LogP contribution in [-0.2, 0) is 21.2 Å². The van der Waals surface area contributed by atoms with Gasteiger partial charge in [-0.1, -0.05) is 23.7 Å². The van der Waals surface area contributed by atoms with Gasteiger partial charge in [-0.15, -0.1) is 11.3 Å². The number of sulfonamides is 1. The molecule has 1 aromatic heterocycles. The third kappa shape index (κ3) is 6.18. The zero-order chi connectivity index (χ0) is 17.6. The molecule has 24 heavy (non-hydrogen) atoms. The molecule has 0 aliphatic heterocycles. The SMILES string of the molecule is O=C(CCNS(=O)(=O)c1ccc(Br)s1)NCCc1ccc(Cl)cc1. The van der Waals surface area contributed by atoms with Crippen molar-refractivity contribution in [2.75, 3.05) is 13.1 Å². The maximum atomic E-state index is 12.0. The molecule has 1 heterocycles. The van der Waals surface area contributed by atoms with Gasteiger partial charge in [0.25, 0.3) is 0 Å². The molecule has 2 N–H and O–H groups in total. The minimum absolute atomic E-state index is 0.0601. The van der Waals surface area contributed by atoms with Crippen molar-refractivity contribution in [1.82, 2.24) is 10.0 Å².